The summed E-state index contributed by atoms with van der Waals surface area (Å²) in [6.45, 7) is 4.27. The van der Waals surface area contributed by atoms with Gasteiger partial charge < -0.3 is 4.74 Å². The molecule has 1 atom stereocenters. The van der Waals surface area contributed by atoms with Gasteiger partial charge in [0.2, 0.25) is 0 Å². The van der Waals surface area contributed by atoms with Gasteiger partial charge in [-0.3, -0.25) is 4.79 Å². The van der Waals surface area contributed by atoms with Crippen molar-refractivity contribution in [3.05, 3.63) is 23.8 Å². The molecule has 0 aliphatic rings. The van der Waals surface area contributed by atoms with Crippen LogP contribution in [0, 0.1) is 0 Å². The van der Waals surface area contributed by atoms with Crippen molar-refractivity contribution in [3.8, 4) is 5.75 Å². The topological polar surface area (TPSA) is 26.3 Å². The maximum Gasteiger partial charge on any atom is 0.176 e. The molecule has 0 amide bonds. The van der Waals surface area contributed by atoms with E-state index in [9.17, 15) is 4.79 Å². The van der Waals surface area contributed by atoms with Gasteiger partial charge in [-0.25, -0.2) is 0 Å². The Kier molecular flexibility index (Phi) is 4.67. The SMILES string of the molecule is CCOc1cc(C(=O)C(C)Br)ccc1S. The third-order valence-electron chi connectivity index (χ3n) is 1.91. The Balaban J connectivity index is 3.01. The minimum Gasteiger partial charge on any atom is -0.493 e. The highest BCUT2D eigenvalue weighted by molar-refractivity contribution is 9.10. The van der Waals surface area contributed by atoms with Crippen molar-refractivity contribution in [1.29, 1.82) is 0 Å². The van der Waals surface area contributed by atoms with Crippen LogP contribution in [0.2, 0.25) is 0 Å². The first-order valence-electron chi connectivity index (χ1n) is 4.70. The number of ether oxygens (including phenoxy) is 1. The summed E-state index contributed by atoms with van der Waals surface area (Å²) < 4.78 is 5.36. The van der Waals surface area contributed by atoms with Crippen molar-refractivity contribution in [2.75, 3.05) is 6.61 Å². The number of carbonyl (C=O) groups excluding carboxylic acids is 1. The third-order valence-corrected chi connectivity index (χ3v) is 2.69. The zero-order valence-electron chi connectivity index (χ0n) is 8.66. The molecule has 0 aromatic heterocycles. The maximum atomic E-state index is 11.7. The van der Waals surface area contributed by atoms with Crippen molar-refractivity contribution in [1.82, 2.24) is 0 Å². The van der Waals surface area contributed by atoms with E-state index in [-0.39, 0.29) is 10.6 Å². The third kappa shape index (κ3) is 3.24. The first kappa shape index (κ1) is 12.6. The smallest absolute Gasteiger partial charge is 0.176 e. The van der Waals surface area contributed by atoms with Crippen LogP contribution in [-0.2, 0) is 0 Å². The maximum absolute atomic E-state index is 11.7. The van der Waals surface area contributed by atoms with Gasteiger partial charge in [0.05, 0.1) is 11.4 Å². The first-order valence-corrected chi connectivity index (χ1v) is 6.06. The molecule has 15 heavy (non-hydrogen) atoms. The van der Waals surface area contributed by atoms with E-state index in [0.717, 1.165) is 4.90 Å². The number of ketones is 1. The lowest BCUT2D eigenvalue weighted by Crippen LogP contribution is -2.10. The standard InChI is InChI=1S/C11H13BrO2S/c1-3-14-9-6-8(4-5-10(9)15)11(13)7(2)12/h4-7,15H,3H2,1-2H3. The normalized spacial score (nSPS) is 12.3. The molecule has 0 N–H and O–H groups in total. The molecule has 0 saturated heterocycles. The van der Waals surface area contributed by atoms with Crippen molar-refractivity contribution >= 4 is 34.3 Å². The quantitative estimate of drug-likeness (QED) is 0.523. The molecule has 1 aromatic rings. The lowest BCUT2D eigenvalue weighted by Gasteiger charge is -2.09. The molecular weight excluding hydrogens is 276 g/mol. The Bertz CT molecular complexity index is 364. The summed E-state index contributed by atoms with van der Waals surface area (Å²) in [6, 6.07) is 5.26. The number of carbonyl (C=O) groups is 1. The van der Waals surface area contributed by atoms with Gasteiger partial charge in [-0.05, 0) is 32.0 Å². The van der Waals surface area contributed by atoms with Crippen LogP contribution in [0.4, 0.5) is 0 Å². The van der Waals surface area contributed by atoms with Gasteiger partial charge in [-0.2, -0.15) is 0 Å². The Morgan fingerprint density at radius 3 is 2.80 bits per heavy atom. The van der Waals surface area contributed by atoms with Gasteiger partial charge in [0.25, 0.3) is 0 Å². The van der Waals surface area contributed by atoms with E-state index in [1.165, 1.54) is 0 Å². The summed E-state index contributed by atoms with van der Waals surface area (Å²) in [5, 5.41) is 0. The lowest BCUT2D eigenvalue weighted by molar-refractivity contribution is 0.0995. The molecule has 4 heteroatoms. The van der Waals surface area contributed by atoms with Crippen LogP contribution >= 0.6 is 28.6 Å². The number of alkyl halides is 1. The van der Waals surface area contributed by atoms with Crippen molar-refractivity contribution in [2.24, 2.45) is 0 Å². The van der Waals surface area contributed by atoms with Gasteiger partial charge in [0, 0.05) is 10.5 Å². The summed E-state index contributed by atoms with van der Waals surface area (Å²) >= 11 is 7.50. The molecule has 1 rings (SSSR count). The van der Waals surface area contributed by atoms with Crippen LogP contribution in [-0.4, -0.2) is 17.2 Å². The van der Waals surface area contributed by atoms with Crippen LogP contribution in [0.5, 0.6) is 5.75 Å². The van der Waals surface area contributed by atoms with Crippen LogP contribution in [0.1, 0.15) is 24.2 Å². The van der Waals surface area contributed by atoms with E-state index in [1.54, 1.807) is 25.1 Å². The van der Waals surface area contributed by atoms with E-state index in [0.29, 0.717) is 17.9 Å². The number of halogens is 1. The molecule has 0 saturated carbocycles. The molecule has 1 unspecified atom stereocenters. The highest BCUT2D eigenvalue weighted by Crippen LogP contribution is 2.25. The summed E-state index contributed by atoms with van der Waals surface area (Å²) in [5.74, 6) is 0.698. The first-order chi connectivity index (χ1) is 7.06. The van der Waals surface area contributed by atoms with Gasteiger partial charge in [-0.1, -0.05) is 15.9 Å². The second-order valence-corrected chi connectivity index (χ2v) is 4.95. The van der Waals surface area contributed by atoms with Crippen LogP contribution < -0.4 is 4.74 Å². The van der Waals surface area contributed by atoms with Crippen molar-refractivity contribution < 1.29 is 9.53 Å². The minimum atomic E-state index is -0.183. The number of benzene rings is 1. The van der Waals surface area contributed by atoms with Crippen LogP contribution in [0.15, 0.2) is 23.1 Å². The van der Waals surface area contributed by atoms with Gasteiger partial charge in [0.15, 0.2) is 5.78 Å². The molecule has 2 nitrogen and oxygen atoms in total. The van der Waals surface area contributed by atoms with E-state index >= 15 is 0 Å². The van der Waals surface area contributed by atoms with Crippen molar-refractivity contribution in [3.63, 3.8) is 0 Å². The fourth-order valence-electron chi connectivity index (χ4n) is 1.17. The molecule has 0 aliphatic heterocycles. The monoisotopic (exact) mass is 288 g/mol. The number of thiol groups is 1. The second kappa shape index (κ2) is 5.56. The summed E-state index contributed by atoms with van der Waals surface area (Å²) in [4.78, 5) is 12.2. The summed E-state index contributed by atoms with van der Waals surface area (Å²) in [7, 11) is 0. The van der Waals surface area contributed by atoms with Gasteiger partial charge >= 0.3 is 0 Å². The molecule has 82 valence electrons. The number of hydrogen-bond acceptors (Lipinski definition) is 3. The molecular formula is C11H13BrO2S. The van der Waals surface area contributed by atoms with E-state index in [1.807, 2.05) is 6.92 Å². The Hall–Kier alpha value is -0.480. The largest absolute Gasteiger partial charge is 0.493 e. The van der Waals surface area contributed by atoms with E-state index in [4.69, 9.17) is 4.74 Å². The van der Waals surface area contributed by atoms with Gasteiger partial charge in [-0.15, -0.1) is 12.6 Å². The number of hydrogen-bond donors (Lipinski definition) is 1. The molecule has 0 bridgehead atoms. The van der Waals surface area contributed by atoms with Crippen LogP contribution in [0.3, 0.4) is 0 Å². The Morgan fingerprint density at radius 1 is 1.60 bits per heavy atom. The molecule has 1 aromatic carbocycles. The van der Waals surface area contributed by atoms with Crippen LogP contribution in [0.25, 0.3) is 0 Å². The van der Waals surface area contributed by atoms with Gasteiger partial charge in [0.1, 0.15) is 5.75 Å². The Morgan fingerprint density at radius 2 is 2.27 bits per heavy atom. The summed E-state index contributed by atoms with van der Waals surface area (Å²) in [6.07, 6.45) is 0. The molecule has 0 aliphatic carbocycles. The highest BCUT2D eigenvalue weighted by atomic mass is 79.9. The molecule has 0 fully saturated rings. The zero-order chi connectivity index (χ0) is 11.4. The predicted octanol–water partition coefficient (Wildman–Crippen LogP) is 3.34. The molecule has 0 spiro atoms. The number of rotatable bonds is 4. The fourth-order valence-corrected chi connectivity index (χ4v) is 1.64. The predicted molar refractivity (Wildman–Crippen MR) is 67.6 cm³/mol. The number of Topliss-reactive ketones (excluding diaryl/α,β-unsaturated/α-hetero) is 1. The minimum absolute atomic E-state index is 0.0456. The average molecular weight is 289 g/mol. The van der Waals surface area contributed by atoms with E-state index in [2.05, 4.69) is 28.6 Å². The Labute approximate surface area is 104 Å². The van der Waals surface area contributed by atoms with E-state index < -0.39 is 0 Å². The fraction of sp³-hybridized carbons (Fsp3) is 0.364. The average Bonchev–Trinajstić information content (AvgIpc) is 2.20. The van der Waals surface area contributed by atoms with Crippen molar-refractivity contribution in [2.45, 2.75) is 23.6 Å². The highest BCUT2D eigenvalue weighted by Gasteiger charge is 2.13. The zero-order valence-corrected chi connectivity index (χ0v) is 11.1. The molecule has 0 radical (unpaired) electrons. The lowest BCUT2D eigenvalue weighted by atomic mass is 10.1. The second-order valence-electron chi connectivity index (χ2n) is 3.10. The summed E-state index contributed by atoms with van der Waals surface area (Å²) in [5.41, 5.74) is 0.639. The molecule has 0 heterocycles.